The van der Waals surface area contributed by atoms with Gasteiger partial charge in [0.15, 0.2) is 4.80 Å². The predicted octanol–water partition coefficient (Wildman–Crippen LogP) is 1.61. The van der Waals surface area contributed by atoms with Gasteiger partial charge < -0.3 is 0 Å². The topological polar surface area (TPSA) is 34.4 Å². The second kappa shape index (κ2) is 4.55. The molecule has 0 unspecified atom stereocenters. The molecule has 0 radical (unpaired) electrons. The lowest BCUT2D eigenvalue weighted by Crippen LogP contribution is -2.20. The molecule has 5 heteroatoms. The Morgan fingerprint density at radius 2 is 2.00 bits per heavy atom. The lowest BCUT2D eigenvalue weighted by molar-refractivity contribution is 0.818. The van der Waals surface area contributed by atoms with E-state index >= 15 is 0 Å². The highest BCUT2D eigenvalue weighted by atomic mass is 32.9. The molecule has 15 heavy (non-hydrogen) atoms. The van der Waals surface area contributed by atoms with Gasteiger partial charge in [0.2, 0.25) is 0 Å². The molecule has 1 aromatic heterocycles. The number of hydrogen-bond acceptors (Lipinski definition) is 4. The van der Waals surface area contributed by atoms with Gasteiger partial charge in [-0.05, 0) is 26.2 Å². The summed E-state index contributed by atoms with van der Waals surface area (Å²) in [6.07, 6.45) is 0. The number of hydrogen-bond donors (Lipinski definition) is 0. The van der Waals surface area contributed by atoms with Crippen LogP contribution in [0, 0.1) is 0 Å². The van der Waals surface area contributed by atoms with Gasteiger partial charge >= 0.3 is 4.87 Å². The molecule has 3 nitrogen and oxygen atoms in total. The molecule has 1 aromatic carbocycles. The second-order valence-electron chi connectivity index (χ2n) is 3.08. The summed E-state index contributed by atoms with van der Waals surface area (Å²) in [6.45, 7) is 0.626. The Kier molecular flexibility index (Phi) is 3.13. The minimum Gasteiger partial charge on any atom is -0.278 e. The van der Waals surface area contributed by atoms with E-state index < -0.39 is 0 Å². The van der Waals surface area contributed by atoms with Crippen molar-refractivity contribution in [2.45, 2.75) is 6.54 Å². The van der Waals surface area contributed by atoms with Crippen molar-refractivity contribution in [1.29, 1.82) is 0 Å². The minimum absolute atomic E-state index is 0.0480. The molecule has 0 bridgehead atoms. The zero-order chi connectivity index (χ0) is 10.7. The van der Waals surface area contributed by atoms with Gasteiger partial charge in [-0.1, -0.05) is 30.3 Å². The van der Waals surface area contributed by atoms with Crippen LogP contribution in [-0.2, 0) is 13.6 Å². The van der Waals surface area contributed by atoms with Crippen LogP contribution in [-0.4, -0.2) is 4.57 Å². The summed E-state index contributed by atoms with van der Waals surface area (Å²) in [4.78, 5) is 16.4. The van der Waals surface area contributed by atoms with Crippen LogP contribution >= 0.6 is 20.7 Å². The molecular weight excluding hydrogens is 228 g/mol. The van der Waals surface area contributed by atoms with Crippen molar-refractivity contribution in [1.82, 2.24) is 4.57 Å². The molecular formula is C10H10N2OS2. The maximum absolute atomic E-state index is 11.2. The van der Waals surface area contributed by atoms with Crippen molar-refractivity contribution < 1.29 is 0 Å². The Bertz CT molecular complexity index is 551. The lowest BCUT2D eigenvalue weighted by Gasteiger charge is -1.93. The number of aromatic nitrogens is 1. The zero-order valence-corrected chi connectivity index (χ0v) is 9.85. The van der Waals surface area contributed by atoms with Gasteiger partial charge in [0.1, 0.15) is 0 Å². The Morgan fingerprint density at radius 3 is 2.60 bits per heavy atom. The third-order valence-electron chi connectivity index (χ3n) is 1.99. The molecule has 0 aliphatic carbocycles. The van der Waals surface area contributed by atoms with Gasteiger partial charge in [-0.3, -0.25) is 14.4 Å². The number of nitrogens with zero attached hydrogens (tertiary/aromatic N) is 2. The Labute approximate surface area is 94.4 Å². The fourth-order valence-corrected chi connectivity index (χ4v) is 3.12. The first kappa shape index (κ1) is 10.3. The molecule has 1 heterocycles. The van der Waals surface area contributed by atoms with Crippen molar-refractivity contribution in [2.75, 3.05) is 0 Å². The van der Waals surface area contributed by atoms with Crippen LogP contribution in [0.4, 0.5) is 0 Å². The normalized spacial score (nSPS) is 11.9. The minimum atomic E-state index is 0.0480. The summed E-state index contributed by atoms with van der Waals surface area (Å²) in [5.41, 5.74) is 1.16. The van der Waals surface area contributed by atoms with E-state index in [4.69, 9.17) is 0 Å². The average molecular weight is 238 g/mol. The summed E-state index contributed by atoms with van der Waals surface area (Å²) in [5.74, 6) is 0. The van der Waals surface area contributed by atoms with E-state index in [9.17, 15) is 4.79 Å². The highest BCUT2D eigenvalue weighted by Gasteiger charge is 1.96. The van der Waals surface area contributed by atoms with Crippen LogP contribution in [0.1, 0.15) is 5.56 Å². The monoisotopic (exact) mass is 238 g/mol. The summed E-state index contributed by atoms with van der Waals surface area (Å²) in [5, 5.41) is 0. The van der Waals surface area contributed by atoms with Crippen molar-refractivity contribution in [3.05, 3.63) is 50.4 Å². The Balaban J connectivity index is 2.26. The van der Waals surface area contributed by atoms with Crippen LogP contribution in [0.25, 0.3) is 0 Å². The van der Waals surface area contributed by atoms with Gasteiger partial charge in [-0.25, -0.2) is 0 Å². The smallest absolute Gasteiger partial charge is 0.278 e. The molecule has 0 N–H and O–H groups in total. The van der Waals surface area contributed by atoms with E-state index in [1.165, 1.54) is 20.7 Å². The molecule has 0 spiro atoms. The van der Waals surface area contributed by atoms with Gasteiger partial charge in [-0.15, -0.1) is 0 Å². The quantitative estimate of drug-likeness (QED) is 0.732. The van der Waals surface area contributed by atoms with E-state index in [0.29, 0.717) is 6.54 Å². The molecule has 0 aliphatic heterocycles. The van der Waals surface area contributed by atoms with Crippen molar-refractivity contribution >= 4 is 20.7 Å². The first-order valence-electron chi connectivity index (χ1n) is 4.48. The molecule has 0 atom stereocenters. The van der Waals surface area contributed by atoms with E-state index in [-0.39, 0.29) is 4.87 Å². The van der Waals surface area contributed by atoms with Crippen molar-refractivity contribution in [3.8, 4) is 0 Å². The van der Waals surface area contributed by atoms with Crippen LogP contribution < -0.4 is 9.67 Å². The first-order valence-corrected chi connectivity index (χ1v) is 6.63. The van der Waals surface area contributed by atoms with Crippen LogP contribution in [0.3, 0.4) is 0 Å². The molecule has 0 amide bonds. The largest absolute Gasteiger partial charge is 0.319 e. The van der Waals surface area contributed by atoms with Crippen molar-refractivity contribution in [2.24, 2.45) is 12.0 Å². The maximum atomic E-state index is 11.2. The average Bonchev–Trinajstić information content (AvgIpc) is 2.59. The Morgan fingerprint density at radius 1 is 1.27 bits per heavy atom. The first-order chi connectivity index (χ1) is 7.27. The van der Waals surface area contributed by atoms with E-state index in [2.05, 4.69) is 4.99 Å². The third-order valence-corrected chi connectivity index (χ3v) is 4.16. The standard InChI is InChI=1S/C10H10N2OS2/c1-12-9(14-15-10(12)13)11-7-8-5-3-2-4-6-8/h2-6H,7H2,1H3. The molecule has 0 aliphatic rings. The summed E-state index contributed by atoms with van der Waals surface area (Å²) < 4.78 is 1.58. The Hall–Kier alpha value is -1.20. The van der Waals surface area contributed by atoms with Gasteiger partial charge in [0, 0.05) is 7.05 Å². The fourth-order valence-electron chi connectivity index (χ4n) is 1.14. The lowest BCUT2D eigenvalue weighted by atomic mass is 10.2. The highest BCUT2D eigenvalue weighted by Crippen LogP contribution is 2.00. The molecule has 0 fully saturated rings. The van der Waals surface area contributed by atoms with Gasteiger partial charge in [0.25, 0.3) is 0 Å². The summed E-state index contributed by atoms with van der Waals surface area (Å²) in [6, 6.07) is 10.0. The van der Waals surface area contributed by atoms with Gasteiger partial charge in [-0.2, -0.15) is 0 Å². The molecule has 2 rings (SSSR count). The van der Waals surface area contributed by atoms with Crippen LogP contribution in [0.2, 0.25) is 0 Å². The van der Waals surface area contributed by atoms with E-state index in [1.54, 1.807) is 11.6 Å². The third kappa shape index (κ3) is 2.43. The summed E-state index contributed by atoms with van der Waals surface area (Å²) in [7, 11) is 4.39. The zero-order valence-electron chi connectivity index (χ0n) is 8.21. The maximum Gasteiger partial charge on any atom is 0.319 e. The molecule has 0 saturated carbocycles. The fraction of sp³-hybridized carbons (Fsp3) is 0.200. The molecule has 2 aromatic rings. The van der Waals surface area contributed by atoms with Gasteiger partial charge in [0.05, 0.1) is 6.54 Å². The number of rotatable bonds is 2. The highest BCUT2D eigenvalue weighted by molar-refractivity contribution is 7.67. The second-order valence-corrected chi connectivity index (χ2v) is 5.12. The van der Waals surface area contributed by atoms with E-state index in [1.807, 2.05) is 30.3 Å². The SMILES string of the molecule is Cn1c(=O)ssc1=NCc1ccccc1. The molecule has 0 saturated heterocycles. The predicted molar refractivity (Wildman–Crippen MR) is 63.1 cm³/mol. The molecule has 78 valence electrons. The summed E-state index contributed by atoms with van der Waals surface area (Å²) >= 11 is 0. The van der Waals surface area contributed by atoms with Crippen molar-refractivity contribution in [3.63, 3.8) is 0 Å². The van der Waals surface area contributed by atoms with Crippen LogP contribution in [0.5, 0.6) is 0 Å². The number of benzene rings is 1. The van der Waals surface area contributed by atoms with Crippen LogP contribution in [0.15, 0.2) is 40.1 Å². The van der Waals surface area contributed by atoms with E-state index in [0.717, 1.165) is 10.4 Å².